The minimum Gasteiger partial charge on any atom is -0.444 e. The third-order valence-corrected chi connectivity index (χ3v) is 5.27. The summed E-state index contributed by atoms with van der Waals surface area (Å²) >= 11 is 5.89. The van der Waals surface area contributed by atoms with Crippen LogP contribution in [0.5, 0.6) is 0 Å². The van der Waals surface area contributed by atoms with E-state index in [1.54, 1.807) is 0 Å². The summed E-state index contributed by atoms with van der Waals surface area (Å²) in [6.45, 7) is 8.28. The van der Waals surface area contributed by atoms with Crippen LogP contribution < -0.4 is 0 Å². The maximum atomic E-state index is 12.1. The molecule has 0 radical (unpaired) electrons. The molecule has 1 saturated heterocycles. The first-order chi connectivity index (χ1) is 11.7. The standard InChI is InChI=1S/C18H23ClN4O2/c1-17(2,3)25-16(24)23-10-18(11-23)7-12(8-18)9-22-5-4-13-6-14(19)20-21-15(13)22/h4-6,12H,7-11H2,1-3H3. The van der Waals surface area contributed by atoms with Crippen LogP contribution in [0, 0.1) is 11.3 Å². The van der Waals surface area contributed by atoms with Crippen LogP contribution in [-0.2, 0) is 11.3 Å². The number of ether oxygens (including phenoxy) is 1. The number of fused-ring (bicyclic) bond motifs is 1. The fourth-order valence-electron chi connectivity index (χ4n) is 4.16. The van der Waals surface area contributed by atoms with E-state index in [4.69, 9.17) is 16.3 Å². The van der Waals surface area contributed by atoms with Crippen molar-refractivity contribution in [2.45, 2.75) is 45.8 Å². The van der Waals surface area contributed by atoms with Gasteiger partial charge in [-0.15, -0.1) is 10.2 Å². The van der Waals surface area contributed by atoms with Crippen molar-refractivity contribution in [2.24, 2.45) is 11.3 Å². The fourth-order valence-corrected chi connectivity index (χ4v) is 4.31. The molecule has 6 nitrogen and oxygen atoms in total. The Morgan fingerprint density at radius 2 is 2.08 bits per heavy atom. The molecule has 1 saturated carbocycles. The smallest absolute Gasteiger partial charge is 0.410 e. The van der Waals surface area contributed by atoms with E-state index in [9.17, 15) is 4.79 Å². The first-order valence-electron chi connectivity index (χ1n) is 8.69. The Bertz CT molecular complexity index is 812. The summed E-state index contributed by atoms with van der Waals surface area (Å²) < 4.78 is 7.58. The van der Waals surface area contributed by atoms with Crippen molar-refractivity contribution in [1.82, 2.24) is 19.7 Å². The van der Waals surface area contributed by atoms with Crippen molar-refractivity contribution in [1.29, 1.82) is 0 Å². The van der Waals surface area contributed by atoms with Crippen LogP contribution in [0.3, 0.4) is 0 Å². The average molecular weight is 363 g/mol. The van der Waals surface area contributed by atoms with Gasteiger partial charge in [0.15, 0.2) is 10.8 Å². The maximum Gasteiger partial charge on any atom is 0.410 e. The molecule has 7 heteroatoms. The maximum absolute atomic E-state index is 12.1. The molecule has 0 bridgehead atoms. The van der Waals surface area contributed by atoms with E-state index in [1.165, 1.54) is 0 Å². The monoisotopic (exact) mass is 362 g/mol. The molecule has 0 atom stereocenters. The van der Waals surface area contributed by atoms with E-state index in [2.05, 4.69) is 21.0 Å². The summed E-state index contributed by atoms with van der Waals surface area (Å²) in [5, 5.41) is 9.59. The Labute approximate surface area is 152 Å². The molecule has 2 aromatic heterocycles. The molecule has 134 valence electrons. The second-order valence-corrected chi connectivity index (χ2v) is 8.91. The lowest BCUT2D eigenvalue weighted by molar-refractivity contribution is -0.0979. The zero-order valence-corrected chi connectivity index (χ0v) is 15.6. The van der Waals surface area contributed by atoms with Crippen LogP contribution in [0.4, 0.5) is 4.79 Å². The van der Waals surface area contributed by atoms with E-state index in [0.29, 0.717) is 16.5 Å². The highest BCUT2D eigenvalue weighted by molar-refractivity contribution is 6.29. The number of hydrogen-bond acceptors (Lipinski definition) is 4. The minimum absolute atomic E-state index is 0.190. The van der Waals surface area contributed by atoms with Crippen LogP contribution in [0.2, 0.25) is 5.15 Å². The second-order valence-electron chi connectivity index (χ2n) is 8.52. The van der Waals surface area contributed by atoms with Crippen molar-refractivity contribution in [3.8, 4) is 0 Å². The second kappa shape index (κ2) is 5.59. The van der Waals surface area contributed by atoms with Crippen molar-refractivity contribution < 1.29 is 9.53 Å². The van der Waals surface area contributed by atoms with Gasteiger partial charge >= 0.3 is 6.09 Å². The summed E-state index contributed by atoms with van der Waals surface area (Å²) in [6.07, 6.45) is 4.15. The Morgan fingerprint density at radius 1 is 1.36 bits per heavy atom. The molecule has 3 heterocycles. The number of amides is 1. The predicted molar refractivity (Wildman–Crippen MR) is 95.5 cm³/mol. The van der Waals surface area contributed by atoms with Gasteiger partial charge in [0.25, 0.3) is 0 Å². The van der Waals surface area contributed by atoms with Gasteiger partial charge in [0, 0.05) is 36.6 Å². The third-order valence-electron chi connectivity index (χ3n) is 5.08. The van der Waals surface area contributed by atoms with Gasteiger partial charge in [0.2, 0.25) is 0 Å². The first-order valence-corrected chi connectivity index (χ1v) is 9.07. The zero-order valence-electron chi connectivity index (χ0n) is 14.8. The van der Waals surface area contributed by atoms with Gasteiger partial charge in [0.1, 0.15) is 5.60 Å². The molecule has 0 aromatic carbocycles. The van der Waals surface area contributed by atoms with E-state index >= 15 is 0 Å². The topological polar surface area (TPSA) is 60.2 Å². The minimum atomic E-state index is -0.429. The number of carbonyl (C=O) groups is 1. The molecule has 1 aliphatic carbocycles. The van der Waals surface area contributed by atoms with Gasteiger partial charge in [-0.25, -0.2) is 4.79 Å². The molecule has 25 heavy (non-hydrogen) atoms. The van der Waals surface area contributed by atoms with E-state index in [1.807, 2.05) is 37.8 Å². The molecule has 4 rings (SSSR count). The molecule has 2 fully saturated rings. The van der Waals surface area contributed by atoms with Crippen molar-refractivity contribution >= 4 is 28.7 Å². The first kappa shape index (κ1) is 16.6. The zero-order chi connectivity index (χ0) is 17.8. The van der Waals surface area contributed by atoms with Gasteiger partial charge in [0.05, 0.1) is 0 Å². The number of nitrogens with zero attached hydrogens (tertiary/aromatic N) is 4. The normalized spacial score (nSPS) is 19.8. The summed E-state index contributed by atoms with van der Waals surface area (Å²) in [5.74, 6) is 0.619. The largest absolute Gasteiger partial charge is 0.444 e. The van der Waals surface area contributed by atoms with Crippen LogP contribution in [0.15, 0.2) is 18.3 Å². The summed E-state index contributed by atoms with van der Waals surface area (Å²) in [6, 6.07) is 3.87. The average Bonchev–Trinajstić information content (AvgIpc) is 2.79. The molecule has 1 spiro atoms. The summed E-state index contributed by atoms with van der Waals surface area (Å²) in [4.78, 5) is 13.9. The Hall–Kier alpha value is -1.82. The van der Waals surface area contributed by atoms with Crippen molar-refractivity contribution in [2.75, 3.05) is 13.1 Å². The Kier molecular flexibility index (Phi) is 3.72. The summed E-state index contributed by atoms with van der Waals surface area (Å²) in [5.41, 5.74) is 0.760. The van der Waals surface area contributed by atoms with E-state index in [-0.39, 0.29) is 6.09 Å². The predicted octanol–water partition coefficient (Wildman–Crippen LogP) is 3.73. The highest BCUT2D eigenvalue weighted by Gasteiger charge is 2.54. The number of hydrogen-bond donors (Lipinski definition) is 0. The van der Waals surface area contributed by atoms with Crippen molar-refractivity contribution in [3.05, 3.63) is 23.5 Å². The van der Waals surface area contributed by atoms with E-state index in [0.717, 1.165) is 43.5 Å². The molecule has 1 aliphatic heterocycles. The van der Waals surface area contributed by atoms with Crippen LogP contribution in [-0.4, -0.2) is 44.4 Å². The van der Waals surface area contributed by atoms with Gasteiger partial charge in [-0.2, -0.15) is 0 Å². The van der Waals surface area contributed by atoms with Crippen LogP contribution >= 0.6 is 11.6 Å². The molecule has 2 aliphatic rings. The van der Waals surface area contributed by atoms with Crippen molar-refractivity contribution in [3.63, 3.8) is 0 Å². The molecule has 0 unspecified atom stereocenters. The Morgan fingerprint density at radius 3 is 2.76 bits per heavy atom. The SMILES string of the molecule is CC(C)(C)OC(=O)N1CC2(CC(Cn3ccc4cc(Cl)nnc43)C2)C1. The van der Waals surface area contributed by atoms with E-state index < -0.39 is 5.60 Å². The Balaban J connectivity index is 1.31. The molecular formula is C18H23ClN4O2. The number of likely N-dealkylation sites (tertiary alicyclic amines) is 1. The third kappa shape index (κ3) is 3.19. The molecular weight excluding hydrogens is 340 g/mol. The lowest BCUT2D eigenvalue weighted by atomic mass is 9.58. The number of carbonyl (C=O) groups excluding carboxylic acids is 1. The lowest BCUT2D eigenvalue weighted by Gasteiger charge is -2.58. The number of rotatable bonds is 2. The molecule has 1 amide bonds. The quantitative estimate of drug-likeness (QED) is 0.816. The molecule has 0 N–H and O–H groups in total. The number of halogens is 1. The van der Waals surface area contributed by atoms with Gasteiger partial charge in [-0.3, -0.25) is 0 Å². The molecule has 2 aromatic rings. The number of aromatic nitrogens is 3. The lowest BCUT2D eigenvalue weighted by Crippen LogP contribution is -2.64. The van der Waals surface area contributed by atoms with Crippen LogP contribution in [0.1, 0.15) is 33.6 Å². The van der Waals surface area contributed by atoms with Gasteiger partial charge in [-0.1, -0.05) is 11.6 Å². The highest BCUT2D eigenvalue weighted by atomic mass is 35.5. The fraction of sp³-hybridized carbons (Fsp3) is 0.611. The highest BCUT2D eigenvalue weighted by Crippen LogP contribution is 2.52. The van der Waals surface area contributed by atoms with Gasteiger partial charge < -0.3 is 14.2 Å². The van der Waals surface area contributed by atoms with Crippen LogP contribution in [0.25, 0.3) is 11.0 Å². The van der Waals surface area contributed by atoms with Gasteiger partial charge in [-0.05, 0) is 51.7 Å². The summed E-state index contributed by atoms with van der Waals surface area (Å²) in [7, 11) is 0.